The molecule has 0 spiro atoms. The van der Waals surface area contributed by atoms with Crippen molar-refractivity contribution < 1.29 is 5.11 Å². The van der Waals surface area contributed by atoms with E-state index in [0.717, 1.165) is 16.8 Å². The number of hydrogen-bond donors (Lipinski definition) is 1. The Morgan fingerprint density at radius 1 is 0.931 bits per heavy atom. The number of nitrogens with zero attached hydrogens (tertiary/aromatic N) is 2. The summed E-state index contributed by atoms with van der Waals surface area (Å²) in [5.41, 5.74) is 3.57. The Hall–Kier alpha value is -3.37. The van der Waals surface area contributed by atoms with Crippen LogP contribution in [-0.2, 0) is 0 Å². The van der Waals surface area contributed by atoms with Crippen LogP contribution < -0.4 is 5.56 Å². The van der Waals surface area contributed by atoms with Gasteiger partial charge in [-0.3, -0.25) is 9.79 Å². The largest absolute Gasteiger partial charge is 0.494 e. The van der Waals surface area contributed by atoms with Gasteiger partial charge in [-0.05, 0) is 49.2 Å². The first kappa shape index (κ1) is 19.0. The maximum absolute atomic E-state index is 13.1. The Bertz CT molecular complexity index is 1300. The Kier molecular flexibility index (Phi) is 4.95. The van der Waals surface area contributed by atoms with Crippen LogP contribution in [0.1, 0.15) is 16.7 Å². The monoisotopic (exact) mass is 402 g/mol. The zero-order valence-electron chi connectivity index (χ0n) is 16.1. The fraction of sp³-hybridized carbons (Fsp3) is 0.0833. The van der Waals surface area contributed by atoms with Gasteiger partial charge in [-0.2, -0.15) is 0 Å². The highest BCUT2D eigenvalue weighted by Gasteiger charge is 2.16. The van der Waals surface area contributed by atoms with E-state index in [1.54, 1.807) is 42.6 Å². The third-order valence-corrected chi connectivity index (χ3v) is 5.17. The first-order valence-corrected chi connectivity index (χ1v) is 9.58. The number of fused-ring (bicyclic) bond motifs is 1. The van der Waals surface area contributed by atoms with E-state index in [0.29, 0.717) is 27.0 Å². The molecule has 1 N–H and O–H groups in total. The van der Waals surface area contributed by atoms with Gasteiger partial charge in [0, 0.05) is 22.0 Å². The summed E-state index contributed by atoms with van der Waals surface area (Å²) in [5.74, 6) is -0.175. The van der Waals surface area contributed by atoms with Gasteiger partial charge in [0.05, 0.1) is 16.9 Å². The second-order valence-electron chi connectivity index (χ2n) is 6.90. The van der Waals surface area contributed by atoms with Gasteiger partial charge < -0.3 is 5.11 Å². The van der Waals surface area contributed by atoms with Crippen molar-refractivity contribution in [3.63, 3.8) is 0 Å². The summed E-state index contributed by atoms with van der Waals surface area (Å²) in [6.45, 7) is 3.98. The van der Waals surface area contributed by atoms with Crippen LogP contribution in [0.3, 0.4) is 0 Å². The summed E-state index contributed by atoms with van der Waals surface area (Å²) in [6, 6.07) is 20.0. The van der Waals surface area contributed by atoms with Crippen LogP contribution in [0, 0.1) is 13.8 Å². The zero-order chi connectivity index (χ0) is 20.5. The zero-order valence-corrected chi connectivity index (χ0v) is 16.8. The van der Waals surface area contributed by atoms with Crippen LogP contribution in [0.2, 0.25) is 5.02 Å². The number of aryl methyl sites for hydroxylation is 2. The highest BCUT2D eigenvalue weighted by atomic mass is 35.5. The van der Waals surface area contributed by atoms with Gasteiger partial charge in [0.15, 0.2) is 0 Å². The van der Waals surface area contributed by atoms with Crippen LogP contribution in [0.15, 0.2) is 76.5 Å². The number of aromatic nitrogens is 1. The number of para-hydroxylation sites is 1. The van der Waals surface area contributed by atoms with Crippen molar-refractivity contribution in [1.82, 2.24) is 4.57 Å². The van der Waals surface area contributed by atoms with Crippen molar-refractivity contribution in [2.45, 2.75) is 13.8 Å². The molecular weight excluding hydrogens is 384 g/mol. The Labute approximate surface area is 173 Å². The molecule has 1 heterocycles. The predicted octanol–water partition coefficient (Wildman–Crippen LogP) is 5.72. The smallest absolute Gasteiger partial charge is 0.265 e. The highest BCUT2D eigenvalue weighted by Crippen LogP contribution is 2.29. The third-order valence-electron chi connectivity index (χ3n) is 4.93. The van der Waals surface area contributed by atoms with Crippen LogP contribution >= 0.6 is 11.6 Å². The minimum absolute atomic E-state index is 0.175. The van der Waals surface area contributed by atoms with Crippen molar-refractivity contribution >= 4 is 34.3 Å². The van der Waals surface area contributed by atoms with Gasteiger partial charge in [-0.25, -0.2) is 4.57 Å². The normalized spacial score (nSPS) is 11.4. The van der Waals surface area contributed by atoms with E-state index in [-0.39, 0.29) is 11.4 Å². The summed E-state index contributed by atoms with van der Waals surface area (Å²) >= 11 is 6.11. The molecule has 0 amide bonds. The van der Waals surface area contributed by atoms with E-state index >= 15 is 0 Å². The molecule has 0 aliphatic rings. The van der Waals surface area contributed by atoms with Gasteiger partial charge >= 0.3 is 0 Å². The summed E-state index contributed by atoms with van der Waals surface area (Å²) in [5, 5.41) is 12.7. The highest BCUT2D eigenvalue weighted by molar-refractivity contribution is 6.30. The maximum Gasteiger partial charge on any atom is 0.265 e. The number of aromatic hydroxyl groups is 1. The van der Waals surface area contributed by atoms with E-state index in [1.807, 2.05) is 44.2 Å². The molecule has 5 heteroatoms. The molecule has 0 atom stereocenters. The molecule has 0 radical (unpaired) electrons. The van der Waals surface area contributed by atoms with Crippen LogP contribution in [0.5, 0.6) is 5.88 Å². The van der Waals surface area contributed by atoms with Gasteiger partial charge in [0.25, 0.3) is 5.56 Å². The molecule has 29 heavy (non-hydrogen) atoms. The molecule has 0 unspecified atom stereocenters. The molecule has 3 aromatic carbocycles. The van der Waals surface area contributed by atoms with Crippen molar-refractivity contribution in [1.29, 1.82) is 0 Å². The van der Waals surface area contributed by atoms with Crippen LogP contribution in [0.4, 0.5) is 5.69 Å². The third kappa shape index (κ3) is 3.43. The molecule has 4 rings (SSSR count). The first-order valence-electron chi connectivity index (χ1n) is 9.20. The standard InChI is InChI=1S/C24H19ClN2O2/c1-15-7-5-8-16(2)22(15)26-14-21-19-11-3-4-12-20(19)23(28)27(24(21)29)18-10-6-9-17(25)13-18/h3-14,29H,1-2H3. The van der Waals surface area contributed by atoms with E-state index in [9.17, 15) is 9.90 Å². The number of pyridine rings is 1. The molecule has 0 saturated carbocycles. The number of benzene rings is 3. The van der Waals surface area contributed by atoms with Gasteiger partial charge in [-0.1, -0.05) is 54.1 Å². The van der Waals surface area contributed by atoms with Crippen molar-refractivity contribution in [2.75, 3.05) is 0 Å². The lowest BCUT2D eigenvalue weighted by molar-refractivity contribution is 0.436. The number of rotatable bonds is 3. The molecule has 1 aromatic heterocycles. The minimum Gasteiger partial charge on any atom is -0.494 e. The maximum atomic E-state index is 13.1. The van der Waals surface area contributed by atoms with Crippen LogP contribution in [0.25, 0.3) is 16.5 Å². The van der Waals surface area contributed by atoms with E-state index < -0.39 is 0 Å². The van der Waals surface area contributed by atoms with Crippen LogP contribution in [-0.4, -0.2) is 15.9 Å². The molecule has 0 saturated heterocycles. The first-order chi connectivity index (χ1) is 14.0. The number of aliphatic imine (C=N–C) groups is 1. The van der Waals surface area contributed by atoms with Gasteiger partial charge in [0.2, 0.25) is 5.88 Å². The average molecular weight is 403 g/mol. The number of halogens is 1. The lowest BCUT2D eigenvalue weighted by Gasteiger charge is -2.14. The van der Waals surface area contributed by atoms with E-state index in [1.165, 1.54) is 4.57 Å². The summed E-state index contributed by atoms with van der Waals surface area (Å²) < 4.78 is 1.26. The fourth-order valence-corrected chi connectivity index (χ4v) is 3.67. The summed E-state index contributed by atoms with van der Waals surface area (Å²) in [6.07, 6.45) is 1.62. The van der Waals surface area contributed by atoms with E-state index in [2.05, 4.69) is 4.99 Å². The predicted molar refractivity (Wildman–Crippen MR) is 119 cm³/mol. The quantitative estimate of drug-likeness (QED) is 0.446. The summed E-state index contributed by atoms with van der Waals surface area (Å²) in [4.78, 5) is 17.8. The second-order valence-corrected chi connectivity index (χ2v) is 7.34. The molecule has 0 aliphatic heterocycles. The van der Waals surface area contributed by atoms with Crippen molar-refractivity contribution in [3.8, 4) is 11.6 Å². The molecule has 4 nitrogen and oxygen atoms in total. The SMILES string of the molecule is Cc1cccc(C)c1N=Cc1c(O)n(-c2cccc(Cl)c2)c(=O)c2ccccc12. The molecule has 0 aliphatic carbocycles. The molecule has 0 fully saturated rings. The second kappa shape index (κ2) is 7.57. The minimum atomic E-state index is -0.315. The van der Waals surface area contributed by atoms with Gasteiger partial charge in [0.1, 0.15) is 0 Å². The Morgan fingerprint density at radius 3 is 2.28 bits per heavy atom. The van der Waals surface area contributed by atoms with Crippen molar-refractivity contribution in [3.05, 3.63) is 98.8 Å². The number of hydrogen-bond acceptors (Lipinski definition) is 3. The fourth-order valence-electron chi connectivity index (χ4n) is 3.48. The lowest BCUT2D eigenvalue weighted by atomic mass is 10.1. The lowest BCUT2D eigenvalue weighted by Crippen LogP contribution is -2.20. The summed E-state index contributed by atoms with van der Waals surface area (Å²) in [7, 11) is 0. The molecular formula is C24H19ClN2O2. The Morgan fingerprint density at radius 2 is 1.59 bits per heavy atom. The molecule has 4 aromatic rings. The van der Waals surface area contributed by atoms with E-state index in [4.69, 9.17) is 11.6 Å². The topological polar surface area (TPSA) is 54.6 Å². The molecule has 144 valence electrons. The molecule has 0 bridgehead atoms. The average Bonchev–Trinajstić information content (AvgIpc) is 2.70. The van der Waals surface area contributed by atoms with Crippen molar-refractivity contribution in [2.24, 2.45) is 4.99 Å². The van der Waals surface area contributed by atoms with Gasteiger partial charge in [-0.15, -0.1) is 0 Å². The Balaban J connectivity index is 2.01.